The molecule has 2 N–H and O–H groups in total. The van der Waals surface area contributed by atoms with Crippen LogP contribution < -0.4 is 10.6 Å². The predicted molar refractivity (Wildman–Crippen MR) is 81.0 cm³/mol. The molecule has 18 heavy (non-hydrogen) atoms. The Kier molecular flexibility index (Phi) is 6.18. The number of amides is 1. The summed E-state index contributed by atoms with van der Waals surface area (Å²) in [6.07, 6.45) is 0. The minimum absolute atomic E-state index is 0.0296. The molecule has 0 aliphatic rings. The highest BCUT2D eigenvalue weighted by Crippen LogP contribution is 2.32. The van der Waals surface area contributed by atoms with Crippen LogP contribution in [0.4, 0.5) is 0 Å². The maximum absolute atomic E-state index is 11.4. The number of nitrogens with one attached hydrogen (secondary N) is 2. The van der Waals surface area contributed by atoms with Gasteiger partial charge in [-0.25, -0.2) is 0 Å². The third-order valence-corrected chi connectivity index (χ3v) is 3.99. The van der Waals surface area contributed by atoms with E-state index in [1.807, 2.05) is 12.1 Å². The van der Waals surface area contributed by atoms with Crippen LogP contribution in [0.2, 0.25) is 0 Å². The van der Waals surface area contributed by atoms with Crippen LogP contribution in [-0.4, -0.2) is 30.8 Å². The van der Waals surface area contributed by atoms with Crippen LogP contribution >= 0.6 is 27.7 Å². The van der Waals surface area contributed by atoms with E-state index in [4.69, 9.17) is 0 Å². The summed E-state index contributed by atoms with van der Waals surface area (Å²) in [5.74, 6) is 0.0296. The van der Waals surface area contributed by atoms with Gasteiger partial charge in [-0.2, -0.15) is 0 Å². The molecule has 5 heteroatoms. The van der Waals surface area contributed by atoms with Gasteiger partial charge < -0.3 is 10.6 Å². The minimum Gasteiger partial charge on any atom is -0.354 e. The first kappa shape index (κ1) is 15.5. The smallest absolute Gasteiger partial charge is 0.233 e. The van der Waals surface area contributed by atoms with Gasteiger partial charge in [-0.05, 0) is 45.2 Å². The van der Waals surface area contributed by atoms with Gasteiger partial charge in [0, 0.05) is 20.7 Å². The SMILES string of the molecule is CNCC(=O)NCC(C)(C)Sc1ccc(Br)cc1. The van der Waals surface area contributed by atoms with Gasteiger partial charge >= 0.3 is 0 Å². The number of rotatable bonds is 6. The summed E-state index contributed by atoms with van der Waals surface area (Å²) in [5.41, 5.74) is 0. The summed E-state index contributed by atoms with van der Waals surface area (Å²) in [7, 11) is 1.77. The third-order valence-electron chi connectivity index (χ3n) is 2.26. The van der Waals surface area contributed by atoms with Gasteiger partial charge in [-0.15, -0.1) is 11.8 Å². The van der Waals surface area contributed by atoms with E-state index in [2.05, 4.69) is 52.5 Å². The summed E-state index contributed by atoms with van der Waals surface area (Å²) in [6, 6.07) is 8.20. The fourth-order valence-corrected chi connectivity index (χ4v) is 2.71. The van der Waals surface area contributed by atoms with E-state index < -0.39 is 0 Å². The molecule has 0 aliphatic carbocycles. The molecule has 0 heterocycles. The summed E-state index contributed by atoms with van der Waals surface area (Å²) in [4.78, 5) is 12.6. The second-order valence-electron chi connectivity index (χ2n) is 4.62. The molecule has 3 nitrogen and oxygen atoms in total. The Morgan fingerprint density at radius 3 is 2.50 bits per heavy atom. The van der Waals surface area contributed by atoms with E-state index in [9.17, 15) is 4.79 Å². The Hall–Kier alpha value is -0.520. The van der Waals surface area contributed by atoms with Crippen molar-refractivity contribution in [2.24, 2.45) is 0 Å². The molecule has 1 aromatic rings. The summed E-state index contributed by atoms with van der Waals surface area (Å²) >= 11 is 5.18. The zero-order chi connectivity index (χ0) is 13.6. The van der Waals surface area contributed by atoms with E-state index in [1.54, 1.807) is 18.8 Å². The number of benzene rings is 1. The van der Waals surface area contributed by atoms with Crippen molar-refractivity contribution < 1.29 is 4.79 Å². The molecule has 0 spiro atoms. The number of carbonyl (C=O) groups is 1. The van der Waals surface area contributed by atoms with Crippen molar-refractivity contribution in [1.82, 2.24) is 10.6 Å². The molecule has 0 atom stereocenters. The first-order valence-corrected chi connectivity index (χ1v) is 7.40. The van der Waals surface area contributed by atoms with Crippen molar-refractivity contribution in [1.29, 1.82) is 0 Å². The van der Waals surface area contributed by atoms with Crippen molar-refractivity contribution in [3.05, 3.63) is 28.7 Å². The Bertz CT molecular complexity index is 392. The number of hydrogen-bond acceptors (Lipinski definition) is 3. The molecule has 100 valence electrons. The van der Waals surface area contributed by atoms with Gasteiger partial charge in [0.05, 0.1) is 6.54 Å². The van der Waals surface area contributed by atoms with E-state index in [1.165, 1.54) is 4.90 Å². The van der Waals surface area contributed by atoms with Crippen molar-refractivity contribution >= 4 is 33.6 Å². The topological polar surface area (TPSA) is 41.1 Å². The quantitative estimate of drug-likeness (QED) is 0.788. The van der Waals surface area contributed by atoms with Crippen LogP contribution in [0.1, 0.15) is 13.8 Å². The van der Waals surface area contributed by atoms with Crippen molar-refractivity contribution in [2.45, 2.75) is 23.5 Å². The fraction of sp³-hybridized carbons (Fsp3) is 0.462. The summed E-state index contributed by atoms with van der Waals surface area (Å²) < 4.78 is 1.05. The van der Waals surface area contributed by atoms with Crippen LogP contribution in [0.15, 0.2) is 33.6 Å². The van der Waals surface area contributed by atoms with Gasteiger partial charge in [-0.1, -0.05) is 15.9 Å². The summed E-state index contributed by atoms with van der Waals surface area (Å²) in [6.45, 7) is 5.26. The molecular formula is C13H19BrN2OS. The maximum atomic E-state index is 11.4. The van der Waals surface area contributed by atoms with Gasteiger partial charge in [0.1, 0.15) is 0 Å². The molecule has 0 fully saturated rings. The van der Waals surface area contributed by atoms with Gasteiger partial charge in [0.15, 0.2) is 0 Å². The highest BCUT2D eigenvalue weighted by atomic mass is 79.9. The van der Waals surface area contributed by atoms with Gasteiger partial charge in [-0.3, -0.25) is 4.79 Å². The Labute approximate surface area is 121 Å². The van der Waals surface area contributed by atoms with Crippen LogP contribution in [0.3, 0.4) is 0 Å². The molecule has 1 aromatic carbocycles. The molecule has 1 amide bonds. The van der Waals surface area contributed by atoms with E-state index in [0.29, 0.717) is 13.1 Å². The fourth-order valence-electron chi connectivity index (χ4n) is 1.39. The van der Waals surface area contributed by atoms with E-state index in [-0.39, 0.29) is 10.7 Å². The molecule has 1 rings (SSSR count). The van der Waals surface area contributed by atoms with E-state index >= 15 is 0 Å². The molecule has 0 saturated heterocycles. The van der Waals surface area contributed by atoms with Crippen molar-refractivity contribution in [3.63, 3.8) is 0 Å². The normalized spacial score (nSPS) is 11.3. The highest BCUT2D eigenvalue weighted by molar-refractivity contribution is 9.10. The molecule has 0 radical (unpaired) electrons. The molecular weight excluding hydrogens is 312 g/mol. The highest BCUT2D eigenvalue weighted by Gasteiger charge is 2.20. The Morgan fingerprint density at radius 2 is 1.94 bits per heavy atom. The number of hydrogen-bond donors (Lipinski definition) is 2. The summed E-state index contributed by atoms with van der Waals surface area (Å²) in [5, 5.41) is 5.76. The molecule has 0 bridgehead atoms. The molecule has 0 aliphatic heterocycles. The van der Waals surface area contributed by atoms with Crippen LogP contribution in [0.25, 0.3) is 0 Å². The first-order valence-electron chi connectivity index (χ1n) is 5.79. The lowest BCUT2D eigenvalue weighted by Crippen LogP contribution is -2.39. The predicted octanol–water partition coefficient (Wildman–Crippen LogP) is 2.66. The Balaban J connectivity index is 2.48. The van der Waals surface area contributed by atoms with Crippen LogP contribution in [0, 0.1) is 0 Å². The number of halogens is 1. The average molecular weight is 331 g/mol. The number of likely N-dealkylation sites (N-methyl/N-ethyl adjacent to an activating group) is 1. The zero-order valence-corrected chi connectivity index (χ0v) is 13.3. The van der Waals surface area contributed by atoms with Gasteiger partial charge in [0.2, 0.25) is 5.91 Å². The standard InChI is InChI=1S/C13H19BrN2OS/c1-13(2,9-16-12(17)8-15-3)18-11-6-4-10(14)5-7-11/h4-7,15H,8-9H2,1-3H3,(H,16,17). The van der Waals surface area contributed by atoms with Crippen molar-refractivity contribution in [3.8, 4) is 0 Å². The minimum atomic E-state index is -0.0305. The molecule has 0 unspecified atom stereocenters. The molecule has 0 saturated carbocycles. The monoisotopic (exact) mass is 330 g/mol. The van der Waals surface area contributed by atoms with Crippen molar-refractivity contribution in [2.75, 3.05) is 20.1 Å². The number of carbonyl (C=O) groups excluding carboxylic acids is 1. The second kappa shape index (κ2) is 7.16. The lowest BCUT2D eigenvalue weighted by atomic mass is 10.2. The first-order chi connectivity index (χ1) is 8.43. The lowest BCUT2D eigenvalue weighted by molar-refractivity contribution is -0.120. The van der Waals surface area contributed by atoms with E-state index in [0.717, 1.165) is 4.47 Å². The van der Waals surface area contributed by atoms with Crippen LogP contribution in [0.5, 0.6) is 0 Å². The van der Waals surface area contributed by atoms with Crippen LogP contribution in [-0.2, 0) is 4.79 Å². The van der Waals surface area contributed by atoms with Gasteiger partial charge in [0.25, 0.3) is 0 Å². The maximum Gasteiger partial charge on any atom is 0.233 e. The molecule has 0 aromatic heterocycles. The second-order valence-corrected chi connectivity index (χ2v) is 7.32. The largest absolute Gasteiger partial charge is 0.354 e. The third kappa shape index (κ3) is 5.89. The number of thioether (sulfide) groups is 1. The average Bonchev–Trinajstić information content (AvgIpc) is 2.30. The zero-order valence-electron chi connectivity index (χ0n) is 10.9. The Morgan fingerprint density at radius 1 is 1.33 bits per heavy atom. The lowest BCUT2D eigenvalue weighted by Gasteiger charge is -2.24.